The number of unbranched alkanes of at least 4 members (excludes halogenated alkanes) is 1. The summed E-state index contributed by atoms with van der Waals surface area (Å²) < 4.78 is 59.1. The first kappa shape index (κ1) is 38.5. The molecule has 0 radical (unpaired) electrons. The molecule has 1 unspecified atom stereocenters. The van der Waals surface area contributed by atoms with Crippen LogP contribution in [0.4, 0.5) is 24.5 Å². The number of halogens is 3. The number of nitrogens with zero attached hydrogens (tertiary/aromatic N) is 1. The zero-order valence-corrected chi connectivity index (χ0v) is 27.5. The van der Waals surface area contributed by atoms with Crippen LogP contribution in [-0.2, 0) is 30.3 Å². The molecule has 264 valence electrons. The number of nitrogens with two attached hydrogens (primary N) is 2. The predicted molar refractivity (Wildman–Crippen MR) is 175 cm³/mol. The minimum Gasteiger partial charge on any atom is -0.475 e. The van der Waals surface area contributed by atoms with Crippen molar-refractivity contribution < 1.29 is 51.1 Å². The van der Waals surface area contributed by atoms with Crippen molar-refractivity contribution in [1.82, 2.24) is 4.90 Å². The Kier molecular flexibility index (Phi) is 13.3. The highest BCUT2D eigenvalue weighted by molar-refractivity contribution is 7.55. The average molecular weight is 708 g/mol. The molecule has 1 heterocycles. The Morgan fingerprint density at radius 3 is 1.80 bits per heavy atom. The van der Waals surface area contributed by atoms with Crippen molar-refractivity contribution in [2.45, 2.75) is 57.7 Å². The summed E-state index contributed by atoms with van der Waals surface area (Å²) in [6, 6.07) is 19.2. The molecule has 0 saturated heterocycles. The summed E-state index contributed by atoms with van der Waals surface area (Å²) in [5, 5.41) is 12.5. The number of carbonyl (C=O) groups is 4. The standard InChI is InChI=1S/C30H36N5O6P.C2HF3O2/c1-20(36)33-23-10-14-25(15-11-23)40-42(39,41-26-16-12-24(13-17-26)34-21(2)37)30-27-8-4-3-7-22(27)19-35(30)29(38)28(32)9-5-6-18-31;3-2(4,5)1(6)7/h3-4,7-8,10-17,28,30H,5-6,9,18-19,31-32H2,1-2H3,(H,33,36)(H,34,37);(H,6,7)/t28-,30?;/m0./s1. The van der Waals surface area contributed by atoms with E-state index in [9.17, 15) is 27.6 Å². The molecule has 7 N–H and O–H groups in total. The van der Waals surface area contributed by atoms with Crippen LogP contribution in [0.1, 0.15) is 50.0 Å². The van der Waals surface area contributed by atoms with E-state index in [1.165, 1.54) is 18.7 Å². The Morgan fingerprint density at radius 1 is 0.898 bits per heavy atom. The van der Waals surface area contributed by atoms with Crippen molar-refractivity contribution in [2.75, 3.05) is 17.2 Å². The number of hydrogen-bond acceptors (Lipinski definition) is 9. The van der Waals surface area contributed by atoms with Gasteiger partial charge in [0.15, 0.2) is 5.78 Å². The zero-order valence-electron chi connectivity index (χ0n) is 26.6. The first-order valence-electron chi connectivity index (χ1n) is 14.9. The van der Waals surface area contributed by atoms with Gasteiger partial charge in [0.1, 0.15) is 11.5 Å². The first-order chi connectivity index (χ1) is 23.0. The van der Waals surface area contributed by atoms with Gasteiger partial charge in [-0.25, -0.2) is 9.36 Å². The summed E-state index contributed by atoms with van der Waals surface area (Å²) in [6.07, 6.45) is -3.24. The van der Waals surface area contributed by atoms with E-state index in [0.29, 0.717) is 36.3 Å². The van der Waals surface area contributed by atoms with E-state index in [4.69, 9.17) is 30.4 Å². The molecule has 3 amide bonds. The number of carbonyl (C=O) groups excluding carboxylic acids is 3. The van der Waals surface area contributed by atoms with Crippen LogP contribution in [-0.4, -0.2) is 52.5 Å². The maximum absolute atomic E-state index is 15.0. The largest absolute Gasteiger partial charge is 0.490 e. The van der Waals surface area contributed by atoms with Gasteiger partial charge < -0.3 is 41.2 Å². The minimum absolute atomic E-state index is 0.184. The smallest absolute Gasteiger partial charge is 0.475 e. The van der Waals surface area contributed by atoms with Crippen molar-refractivity contribution in [2.24, 2.45) is 11.5 Å². The highest BCUT2D eigenvalue weighted by Gasteiger charge is 2.51. The molecular weight excluding hydrogens is 670 g/mol. The van der Waals surface area contributed by atoms with Gasteiger partial charge in [0.2, 0.25) is 17.7 Å². The highest BCUT2D eigenvalue weighted by Crippen LogP contribution is 2.64. The summed E-state index contributed by atoms with van der Waals surface area (Å²) in [5.41, 5.74) is 14.4. The van der Waals surface area contributed by atoms with Crippen LogP contribution in [0.25, 0.3) is 0 Å². The Hall–Kier alpha value is -4.92. The normalized spacial score (nSPS) is 14.4. The lowest BCUT2D eigenvalue weighted by atomic mass is 10.1. The van der Waals surface area contributed by atoms with Crippen LogP contribution in [0, 0.1) is 0 Å². The molecule has 1 aliphatic rings. The maximum atomic E-state index is 15.0. The molecule has 1 aliphatic heterocycles. The van der Waals surface area contributed by atoms with Crippen LogP contribution < -0.4 is 31.1 Å². The highest BCUT2D eigenvalue weighted by atomic mass is 31.2. The lowest BCUT2D eigenvalue weighted by molar-refractivity contribution is -0.192. The monoisotopic (exact) mass is 707 g/mol. The molecule has 0 aromatic heterocycles. The van der Waals surface area contributed by atoms with Gasteiger partial charge in [-0.05, 0) is 79.0 Å². The Morgan fingerprint density at radius 2 is 1.37 bits per heavy atom. The SMILES string of the molecule is CC(=O)Nc1ccc(OP(=O)(Oc2ccc(NC(C)=O)cc2)C2c3ccccc3CN2C(=O)[C@@H](N)CCCCN)cc1.O=C(O)C(F)(F)F. The number of nitrogens with one attached hydrogen (secondary N) is 2. The van der Waals surface area contributed by atoms with Gasteiger partial charge in [0, 0.05) is 31.8 Å². The van der Waals surface area contributed by atoms with E-state index in [-0.39, 0.29) is 35.8 Å². The Bertz CT molecular complexity index is 1610. The molecule has 0 fully saturated rings. The fraction of sp³-hybridized carbons (Fsp3) is 0.312. The number of fused-ring (bicyclic) bond motifs is 1. The van der Waals surface area contributed by atoms with Crippen LogP contribution in [0.5, 0.6) is 11.5 Å². The number of carboxylic acids is 1. The van der Waals surface area contributed by atoms with Crippen molar-refractivity contribution in [3.05, 3.63) is 83.9 Å². The Balaban J connectivity index is 0.000000838. The quantitative estimate of drug-likeness (QED) is 0.120. The summed E-state index contributed by atoms with van der Waals surface area (Å²) in [5.74, 6) is -4.26. The average Bonchev–Trinajstić information content (AvgIpc) is 3.43. The van der Waals surface area contributed by atoms with Gasteiger partial charge in [0.05, 0.1) is 6.04 Å². The fourth-order valence-electron chi connectivity index (χ4n) is 4.77. The number of benzene rings is 3. The first-order valence-corrected chi connectivity index (χ1v) is 16.5. The van der Waals surface area contributed by atoms with Crippen molar-refractivity contribution in [3.63, 3.8) is 0 Å². The third-order valence-electron chi connectivity index (χ3n) is 6.90. The Labute approximate surface area is 280 Å². The van der Waals surface area contributed by atoms with E-state index in [2.05, 4.69) is 10.6 Å². The summed E-state index contributed by atoms with van der Waals surface area (Å²) >= 11 is 0. The molecule has 3 aromatic rings. The van der Waals surface area contributed by atoms with Crippen molar-refractivity contribution in [1.29, 1.82) is 0 Å². The van der Waals surface area contributed by atoms with Crippen molar-refractivity contribution >= 4 is 42.7 Å². The second-order valence-corrected chi connectivity index (χ2v) is 12.8. The van der Waals surface area contributed by atoms with Gasteiger partial charge in [-0.1, -0.05) is 30.7 Å². The van der Waals surface area contributed by atoms with Gasteiger partial charge in [-0.15, -0.1) is 0 Å². The number of rotatable bonds is 12. The van der Waals surface area contributed by atoms with Gasteiger partial charge in [-0.2, -0.15) is 13.2 Å². The van der Waals surface area contributed by atoms with Crippen LogP contribution in [0.15, 0.2) is 72.8 Å². The number of aliphatic carboxylic acids is 1. The lowest BCUT2D eigenvalue weighted by Gasteiger charge is -2.33. The van der Waals surface area contributed by atoms with Crippen LogP contribution in [0.3, 0.4) is 0 Å². The van der Waals surface area contributed by atoms with Gasteiger partial charge >= 0.3 is 19.7 Å². The van der Waals surface area contributed by atoms with Crippen LogP contribution in [0.2, 0.25) is 0 Å². The molecule has 0 aliphatic carbocycles. The van der Waals surface area contributed by atoms with E-state index < -0.39 is 31.6 Å². The van der Waals surface area contributed by atoms with Gasteiger partial charge in [-0.3, -0.25) is 14.4 Å². The molecular formula is C32H37F3N5O8P. The number of carboxylic acid groups (broad SMARTS) is 1. The molecule has 49 heavy (non-hydrogen) atoms. The molecule has 13 nitrogen and oxygen atoms in total. The molecule has 4 rings (SSSR count). The second-order valence-electron chi connectivity index (χ2n) is 10.9. The second kappa shape index (κ2) is 17.0. The molecule has 17 heteroatoms. The lowest BCUT2D eigenvalue weighted by Crippen LogP contribution is -2.43. The number of hydrogen-bond donors (Lipinski definition) is 5. The van der Waals surface area contributed by atoms with Crippen molar-refractivity contribution in [3.8, 4) is 11.5 Å². The van der Waals surface area contributed by atoms with E-state index >= 15 is 4.57 Å². The number of amides is 3. The third kappa shape index (κ3) is 11.1. The van der Waals surface area contributed by atoms with E-state index in [1.54, 1.807) is 60.7 Å². The minimum atomic E-state index is -5.08. The molecule has 0 bridgehead atoms. The summed E-state index contributed by atoms with van der Waals surface area (Å²) in [6.45, 7) is 3.47. The molecule has 2 atom stereocenters. The molecule has 0 spiro atoms. The van der Waals surface area contributed by atoms with Crippen LogP contribution >= 0.6 is 7.60 Å². The molecule has 3 aromatic carbocycles. The predicted octanol–water partition coefficient (Wildman–Crippen LogP) is 5.38. The van der Waals surface area contributed by atoms with Gasteiger partial charge in [0.25, 0.3) is 0 Å². The number of anilines is 2. The topological polar surface area (TPSA) is 203 Å². The summed E-state index contributed by atoms with van der Waals surface area (Å²) in [4.78, 5) is 47.0. The van der Waals surface area contributed by atoms with E-state index in [0.717, 1.165) is 12.0 Å². The molecule has 0 saturated carbocycles. The fourth-order valence-corrected chi connectivity index (χ4v) is 6.97. The third-order valence-corrected chi connectivity index (χ3v) is 8.98. The maximum Gasteiger partial charge on any atom is 0.490 e. The van der Waals surface area contributed by atoms with E-state index in [1.807, 2.05) is 12.1 Å². The zero-order chi connectivity index (χ0) is 36.4. The number of alkyl halides is 3. The summed E-state index contributed by atoms with van der Waals surface area (Å²) in [7, 11) is -4.25.